The quantitative estimate of drug-likeness (QED) is 0.844. The van der Waals surface area contributed by atoms with E-state index in [0.29, 0.717) is 17.3 Å². The molecule has 0 bridgehead atoms. The molecule has 0 aliphatic heterocycles. The van der Waals surface area contributed by atoms with Crippen LogP contribution < -0.4 is 5.73 Å². The zero-order valence-corrected chi connectivity index (χ0v) is 9.07. The molecule has 0 saturated heterocycles. The molecule has 2 heterocycles. The number of nitrogens with two attached hydrogens (primary N) is 1. The van der Waals surface area contributed by atoms with Crippen LogP contribution in [0.15, 0.2) is 24.5 Å². The molecule has 15 heavy (non-hydrogen) atoms. The number of hydrogen-bond acceptors (Lipinski definition) is 3. The van der Waals surface area contributed by atoms with Gasteiger partial charge in [-0.15, -0.1) is 0 Å². The van der Waals surface area contributed by atoms with Crippen LogP contribution in [0.2, 0.25) is 5.02 Å². The molecule has 2 N–H and O–H groups in total. The van der Waals surface area contributed by atoms with Crippen molar-refractivity contribution in [2.24, 2.45) is 0 Å². The molecule has 0 radical (unpaired) electrons. The minimum atomic E-state index is 0.582. The van der Waals surface area contributed by atoms with Crippen LogP contribution in [0, 0.1) is 6.92 Å². The van der Waals surface area contributed by atoms with Crippen molar-refractivity contribution in [1.29, 1.82) is 0 Å². The fourth-order valence-electron chi connectivity index (χ4n) is 1.32. The summed E-state index contributed by atoms with van der Waals surface area (Å²) in [5, 5.41) is 4.90. The van der Waals surface area contributed by atoms with Crippen molar-refractivity contribution < 1.29 is 0 Å². The van der Waals surface area contributed by atoms with E-state index >= 15 is 0 Å². The minimum absolute atomic E-state index is 0.582. The van der Waals surface area contributed by atoms with E-state index in [1.807, 2.05) is 13.0 Å². The van der Waals surface area contributed by atoms with Crippen molar-refractivity contribution in [3.63, 3.8) is 0 Å². The molecule has 0 aliphatic rings. The van der Waals surface area contributed by atoms with E-state index in [9.17, 15) is 0 Å². The summed E-state index contributed by atoms with van der Waals surface area (Å²) < 4.78 is 1.75. The first-order valence-electron chi connectivity index (χ1n) is 4.55. The highest BCUT2D eigenvalue weighted by molar-refractivity contribution is 6.31. The molecule has 2 aromatic heterocycles. The largest absolute Gasteiger partial charge is 0.399 e. The molecule has 0 aromatic carbocycles. The third-order valence-corrected chi connectivity index (χ3v) is 2.42. The first kappa shape index (κ1) is 9.98. The summed E-state index contributed by atoms with van der Waals surface area (Å²) in [6, 6.07) is 3.58. The summed E-state index contributed by atoms with van der Waals surface area (Å²) in [6.45, 7) is 2.45. The van der Waals surface area contributed by atoms with Gasteiger partial charge in [0.05, 0.1) is 23.0 Å². The molecular formula is C10H11ClN4. The van der Waals surface area contributed by atoms with Crippen LogP contribution in [0.25, 0.3) is 0 Å². The Hall–Kier alpha value is -1.55. The third kappa shape index (κ3) is 2.27. The van der Waals surface area contributed by atoms with Gasteiger partial charge in [-0.2, -0.15) is 5.10 Å². The minimum Gasteiger partial charge on any atom is -0.399 e. The van der Waals surface area contributed by atoms with Crippen LogP contribution >= 0.6 is 11.6 Å². The summed E-state index contributed by atoms with van der Waals surface area (Å²) in [5.41, 5.74) is 8.04. The number of anilines is 1. The normalized spacial score (nSPS) is 10.5. The molecule has 4 nitrogen and oxygen atoms in total. The Bertz CT molecular complexity index is 459. The average Bonchev–Trinajstić information content (AvgIpc) is 2.45. The lowest BCUT2D eigenvalue weighted by Gasteiger charge is -2.01. The first-order valence-corrected chi connectivity index (χ1v) is 4.93. The molecule has 0 amide bonds. The summed E-state index contributed by atoms with van der Waals surface area (Å²) in [6.07, 6.45) is 3.46. The number of aryl methyl sites for hydroxylation is 1. The van der Waals surface area contributed by atoms with Gasteiger partial charge in [-0.25, -0.2) is 0 Å². The van der Waals surface area contributed by atoms with Crippen molar-refractivity contribution in [3.8, 4) is 0 Å². The van der Waals surface area contributed by atoms with Gasteiger partial charge in [-0.3, -0.25) is 9.67 Å². The Morgan fingerprint density at radius 2 is 2.33 bits per heavy atom. The fraction of sp³-hybridized carbons (Fsp3) is 0.200. The first-order chi connectivity index (χ1) is 7.15. The lowest BCUT2D eigenvalue weighted by Crippen LogP contribution is -2.03. The summed E-state index contributed by atoms with van der Waals surface area (Å²) in [7, 11) is 0. The molecule has 0 atom stereocenters. The standard InChI is InChI=1S/C10H11ClN4/c1-7-10(11)6-15(14-7)5-9-4-8(12)2-3-13-9/h2-4,6H,5H2,1H3,(H2,12,13). The van der Waals surface area contributed by atoms with E-state index in [2.05, 4.69) is 10.1 Å². The number of nitrogen functional groups attached to an aromatic ring is 1. The van der Waals surface area contributed by atoms with Gasteiger partial charge >= 0.3 is 0 Å². The van der Waals surface area contributed by atoms with E-state index in [-0.39, 0.29) is 0 Å². The van der Waals surface area contributed by atoms with Crippen LogP contribution in [-0.2, 0) is 6.54 Å². The number of nitrogens with zero attached hydrogens (tertiary/aromatic N) is 3. The zero-order chi connectivity index (χ0) is 10.8. The van der Waals surface area contributed by atoms with E-state index < -0.39 is 0 Å². The van der Waals surface area contributed by atoms with Gasteiger partial charge in [-0.05, 0) is 19.1 Å². The van der Waals surface area contributed by atoms with Crippen molar-refractivity contribution in [2.45, 2.75) is 13.5 Å². The maximum Gasteiger partial charge on any atom is 0.0832 e. The Balaban J connectivity index is 2.22. The van der Waals surface area contributed by atoms with Crippen LogP contribution in [-0.4, -0.2) is 14.8 Å². The Morgan fingerprint density at radius 1 is 1.53 bits per heavy atom. The smallest absolute Gasteiger partial charge is 0.0832 e. The monoisotopic (exact) mass is 222 g/mol. The second-order valence-corrected chi connectivity index (χ2v) is 3.75. The van der Waals surface area contributed by atoms with Crippen molar-refractivity contribution in [1.82, 2.24) is 14.8 Å². The number of aromatic nitrogens is 3. The maximum atomic E-state index is 5.90. The number of hydrogen-bond donors (Lipinski definition) is 1. The predicted octanol–water partition coefficient (Wildman–Crippen LogP) is 1.87. The highest BCUT2D eigenvalue weighted by Gasteiger charge is 2.03. The van der Waals surface area contributed by atoms with E-state index in [0.717, 1.165) is 11.4 Å². The molecule has 2 aromatic rings. The van der Waals surface area contributed by atoms with Gasteiger partial charge in [0.2, 0.25) is 0 Å². The van der Waals surface area contributed by atoms with E-state index in [4.69, 9.17) is 17.3 Å². The maximum absolute atomic E-state index is 5.90. The molecule has 0 spiro atoms. The van der Waals surface area contributed by atoms with Crippen molar-refractivity contribution in [2.75, 3.05) is 5.73 Å². The second-order valence-electron chi connectivity index (χ2n) is 3.34. The number of rotatable bonds is 2. The summed E-state index contributed by atoms with van der Waals surface area (Å²) >= 11 is 5.90. The predicted molar refractivity (Wildman–Crippen MR) is 59.7 cm³/mol. The molecule has 0 saturated carbocycles. The highest BCUT2D eigenvalue weighted by Crippen LogP contribution is 2.13. The van der Waals surface area contributed by atoms with Gasteiger partial charge in [0.15, 0.2) is 0 Å². The van der Waals surface area contributed by atoms with Gasteiger partial charge in [0.25, 0.3) is 0 Å². The average molecular weight is 223 g/mol. The van der Waals surface area contributed by atoms with Crippen LogP contribution in [0.3, 0.4) is 0 Å². The Morgan fingerprint density at radius 3 is 2.93 bits per heavy atom. The summed E-state index contributed by atoms with van der Waals surface area (Å²) in [5.74, 6) is 0. The summed E-state index contributed by atoms with van der Waals surface area (Å²) in [4.78, 5) is 4.19. The lowest BCUT2D eigenvalue weighted by atomic mass is 10.3. The van der Waals surface area contributed by atoms with Gasteiger partial charge in [0.1, 0.15) is 0 Å². The van der Waals surface area contributed by atoms with Gasteiger partial charge in [0, 0.05) is 18.1 Å². The van der Waals surface area contributed by atoms with Gasteiger partial charge < -0.3 is 5.73 Å². The second kappa shape index (κ2) is 3.90. The van der Waals surface area contributed by atoms with E-state index in [1.54, 1.807) is 23.1 Å². The molecule has 0 aliphatic carbocycles. The topological polar surface area (TPSA) is 56.7 Å². The van der Waals surface area contributed by atoms with Crippen LogP contribution in [0.5, 0.6) is 0 Å². The van der Waals surface area contributed by atoms with E-state index in [1.165, 1.54) is 0 Å². The van der Waals surface area contributed by atoms with Crippen molar-refractivity contribution in [3.05, 3.63) is 40.9 Å². The number of pyridine rings is 1. The molecule has 2 rings (SSSR count). The Labute approximate surface area is 92.7 Å². The zero-order valence-electron chi connectivity index (χ0n) is 8.31. The number of halogens is 1. The highest BCUT2D eigenvalue weighted by atomic mass is 35.5. The third-order valence-electron chi connectivity index (χ3n) is 2.05. The van der Waals surface area contributed by atoms with Crippen LogP contribution in [0.4, 0.5) is 5.69 Å². The lowest BCUT2D eigenvalue weighted by molar-refractivity contribution is 0.666. The molecule has 0 fully saturated rings. The van der Waals surface area contributed by atoms with Gasteiger partial charge in [-0.1, -0.05) is 11.6 Å². The SMILES string of the molecule is Cc1nn(Cc2cc(N)ccn2)cc1Cl. The Kier molecular flexibility index (Phi) is 2.60. The molecular weight excluding hydrogens is 212 g/mol. The molecule has 5 heteroatoms. The van der Waals surface area contributed by atoms with Crippen LogP contribution in [0.1, 0.15) is 11.4 Å². The van der Waals surface area contributed by atoms with Crippen molar-refractivity contribution >= 4 is 17.3 Å². The molecule has 78 valence electrons. The molecule has 0 unspecified atom stereocenters. The fourth-order valence-corrected chi connectivity index (χ4v) is 1.47.